The number of nitrogens with zero attached hydrogens (tertiary/aromatic N) is 1. The van der Waals surface area contributed by atoms with Gasteiger partial charge in [-0.3, -0.25) is 4.79 Å². The zero-order chi connectivity index (χ0) is 10.4. The predicted molar refractivity (Wildman–Crippen MR) is 60.1 cm³/mol. The summed E-state index contributed by atoms with van der Waals surface area (Å²) in [6.07, 6.45) is 6.60. The fourth-order valence-electron chi connectivity index (χ4n) is 1.00. The summed E-state index contributed by atoms with van der Waals surface area (Å²) in [5.74, 6) is 0.843. The van der Waals surface area contributed by atoms with Crippen LogP contribution in [0, 0.1) is 6.92 Å². The Morgan fingerprint density at radius 1 is 1.71 bits per heavy atom. The van der Waals surface area contributed by atoms with Gasteiger partial charge in [0.2, 0.25) is 0 Å². The molecule has 4 heteroatoms. The summed E-state index contributed by atoms with van der Waals surface area (Å²) in [5, 5.41) is 0.175. The van der Waals surface area contributed by atoms with Gasteiger partial charge in [-0.2, -0.15) is 0 Å². The zero-order valence-corrected chi connectivity index (χ0v) is 9.23. The fourth-order valence-corrected chi connectivity index (χ4v) is 1.54. The van der Waals surface area contributed by atoms with Crippen LogP contribution >= 0.6 is 11.8 Å². The number of H-pyrrole nitrogens is 1. The monoisotopic (exact) mass is 210 g/mol. The van der Waals surface area contributed by atoms with Crippen molar-refractivity contribution in [1.82, 2.24) is 9.97 Å². The minimum Gasteiger partial charge on any atom is -0.348 e. The van der Waals surface area contributed by atoms with Crippen molar-refractivity contribution in [2.45, 2.75) is 20.3 Å². The molecular formula is C10H14N2OS. The van der Waals surface area contributed by atoms with Crippen molar-refractivity contribution in [1.29, 1.82) is 0 Å². The SMILES string of the molecule is CC(=O)SCCC=Cc1nc[nH]c1C. The summed E-state index contributed by atoms with van der Waals surface area (Å²) in [5.41, 5.74) is 2.04. The van der Waals surface area contributed by atoms with E-state index in [4.69, 9.17) is 0 Å². The molecule has 0 aliphatic rings. The maximum absolute atomic E-state index is 10.6. The highest BCUT2D eigenvalue weighted by Gasteiger charge is 1.94. The van der Waals surface area contributed by atoms with Crippen LogP contribution in [0.5, 0.6) is 0 Å². The van der Waals surface area contributed by atoms with E-state index < -0.39 is 0 Å². The maximum Gasteiger partial charge on any atom is 0.185 e. The lowest BCUT2D eigenvalue weighted by Crippen LogP contribution is -1.84. The summed E-state index contributed by atoms with van der Waals surface area (Å²) in [7, 11) is 0. The standard InChI is InChI=1S/C10H14N2OS/c1-8-10(12-7-11-8)5-3-4-6-14-9(2)13/h3,5,7H,4,6H2,1-2H3,(H,11,12). The third-order valence-electron chi connectivity index (χ3n) is 1.73. The third-order valence-corrected chi connectivity index (χ3v) is 2.58. The van der Waals surface area contributed by atoms with Gasteiger partial charge < -0.3 is 4.98 Å². The molecule has 0 saturated carbocycles. The van der Waals surface area contributed by atoms with Crippen LogP contribution in [0.15, 0.2) is 12.4 Å². The molecule has 1 aromatic heterocycles. The predicted octanol–water partition coefficient (Wildman–Crippen LogP) is 2.40. The van der Waals surface area contributed by atoms with E-state index in [0.29, 0.717) is 0 Å². The fraction of sp³-hybridized carbons (Fsp3) is 0.400. The highest BCUT2D eigenvalue weighted by molar-refractivity contribution is 8.13. The van der Waals surface area contributed by atoms with Crippen LogP contribution < -0.4 is 0 Å². The molecule has 3 nitrogen and oxygen atoms in total. The van der Waals surface area contributed by atoms with E-state index in [9.17, 15) is 4.79 Å². The van der Waals surface area contributed by atoms with Gasteiger partial charge >= 0.3 is 0 Å². The molecule has 1 heterocycles. The van der Waals surface area contributed by atoms with Crippen molar-refractivity contribution >= 4 is 23.0 Å². The number of thioether (sulfide) groups is 1. The Morgan fingerprint density at radius 2 is 2.50 bits per heavy atom. The molecule has 1 N–H and O–H groups in total. The first kappa shape index (κ1) is 11.0. The summed E-state index contributed by atoms with van der Waals surface area (Å²) >= 11 is 1.35. The Balaban J connectivity index is 2.28. The van der Waals surface area contributed by atoms with Crippen molar-refractivity contribution < 1.29 is 4.79 Å². The highest BCUT2D eigenvalue weighted by Crippen LogP contribution is 2.07. The quantitative estimate of drug-likeness (QED) is 0.776. The van der Waals surface area contributed by atoms with E-state index in [0.717, 1.165) is 23.6 Å². The molecule has 0 saturated heterocycles. The number of aryl methyl sites for hydroxylation is 1. The van der Waals surface area contributed by atoms with Crippen molar-refractivity contribution in [3.05, 3.63) is 23.8 Å². The molecule has 0 aromatic carbocycles. The average molecular weight is 210 g/mol. The van der Waals surface area contributed by atoms with E-state index >= 15 is 0 Å². The number of allylic oxidation sites excluding steroid dienone is 1. The lowest BCUT2D eigenvalue weighted by Gasteiger charge is -1.91. The van der Waals surface area contributed by atoms with Crippen LogP contribution in [-0.4, -0.2) is 20.8 Å². The first-order valence-corrected chi connectivity index (χ1v) is 5.48. The molecule has 0 aliphatic heterocycles. The molecule has 76 valence electrons. The topological polar surface area (TPSA) is 45.8 Å². The number of aromatic amines is 1. The van der Waals surface area contributed by atoms with Crippen LogP contribution in [0.2, 0.25) is 0 Å². The molecule has 0 amide bonds. The number of imidazole rings is 1. The summed E-state index contributed by atoms with van der Waals surface area (Å²) in [6, 6.07) is 0. The molecule has 1 rings (SSSR count). The lowest BCUT2D eigenvalue weighted by atomic mass is 10.3. The van der Waals surface area contributed by atoms with Gasteiger partial charge in [-0.1, -0.05) is 17.8 Å². The van der Waals surface area contributed by atoms with Gasteiger partial charge in [0, 0.05) is 18.4 Å². The zero-order valence-electron chi connectivity index (χ0n) is 8.41. The van der Waals surface area contributed by atoms with Gasteiger partial charge in [-0.25, -0.2) is 4.98 Å². The van der Waals surface area contributed by atoms with Gasteiger partial charge in [0.1, 0.15) is 0 Å². The van der Waals surface area contributed by atoms with E-state index in [1.54, 1.807) is 13.3 Å². The van der Waals surface area contributed by atoms with Crippen molar-refractivity contribution in [2.24, 2.45) is 0 Å². The smallest absolute Gasteiger partial charge is 0.185 e. The summed E-state index contributed by atoms with van der Waals surface area (Å²) in [6.45, 7) is 3.57. The average Bonchev–Trinajstić information content (AvgIpc) is 2.51. The second-order valence-corrected chi connectivity index (χ2v) is 4.22. The van der Waals surface area contributed by atoms with E-state index in [1.165, 1.54) is 11.8 Å². The highest BCUT2D eigenvalue weighted by atomic mass is 32.2. The minimum absolute atomic E-state index is 0.175. The number of nitrogens with one attached hydrogen (secondary N) is 1. The Labute approximate surface area is 88.0 Å². The van der Waals surface area contributed by atoms with Crippen LogP contribution in [0.3, 0.4) is 0 Å². The summed E-state index contributed by atoms with van der Waals surface area (Å²) in [4.78, 5) is 17.7. The van der Waals surface area contributed by atoms with Crippen LogP contribution in [0.1, 0.15) is 24.7 Å². The van der Waals surface area contributed by atoms with Gasteiger partial charge in [0.25, 0.3) is 0 Å². The van der Waals surface area contributed by atoms with Crippen molar-refractivity contribution in [3.8, 4) is 0 Å². The van der Waals surface area contributed by atoms with Crippen LogP contribution in [0.25, 0.3) is 6.08 Å². The number of hydrogen-bond acceptors (Lipinski definition) is 3. The first-order chi connectivity index (χ1) is 6.70. The number of aromatic nitrogens is 2. The number of carbonyl (C=O) groups excluding carboxylic acids is 1. The Kier molecular flexibility index (Phi) is 4.46. The lowest BCUT2D eigenvalue weighted by molar-refractivity contribution is -0.109. The number of hydrogen-bond donors (Lipinski definition) is 1. The third kappa shape index (κ3) is 3.79. The first-order valence-electron chi connectivity index (χ1n) is 4.50. The van der Waals surface area contributed by atoms with Gasteiger partial charge in [0.05, 0.1) is 12.0 Å². The maximum atomic E-state index is 10.6. The molecule has 0 radical (unpaired) electrons. The molecule has 1 aromatic rings. The van der Waals surface area contributed by atoms with Crippen molar-refractivity contribution in [3.63, 3.8) is 0 Å². The van der Waals surface area contributed by atoms with Crippen LogP contribution in [0.4, 0.5) is 0 Å². The Bertz CT molecular complexity index is 331. The second-order valence-electron chi connectivity index (χ2n) is 2.94. The van der Waals surface area contributed by atoms with E-state index in [2.05, 4.69) is 9.97 Å². The second kappa shape index (κ2) is 5.65. The molecule has 0 atom stereocenters. The van der Waals surface area contributed by atoms with Crippen molar-refractivity contribution in [2.75, 3.05) is 5.75 Å². The minimum atomic E-state index is 0.175. The number of rotatable bonds is 4. The van der Waals surface area contributed by atoms with Crippen LogP contribution in [-0.2, 0) is 4.79 Å². The molecule has 0 aliphatic carbocycles. The number of carbonyl (C=O) groups is 1. The van der Waals surface area contributed by atoms with Gasteiger partial charge in [-0.15, -0.1) is 0 Å². The van der Waals surface area contributed by atoms with Gasteiger partial charge in [0.15, 0.2) is 5.12 Å². The normalized spacial score (nSPS) is 11.0. The molecule has 0 fully saturated rings. The van der Waals surface area contributed by atoms with Gasteiger partial charge in [-0.05, 0) is 19.4 Å². The Hall–Kier alpha value is -1.03. The van der Waals surface area contributed by atoms with E-state index in [1.807, 2.05) is 19.1 Å². The molecule has 14 heavy (non-hydrogen) atoms. The molecule has 0 bridgehead atoms. The Morgan fingerprint density at radius 3 is 3.07 bits per heavy atom. The largest absolute Gasteiger partial charge is 0.348 e. The van der Waals surface area contributed by atoms with E-state index in [-0.39, 0.29) is 5.12 Å². The molecule has 0 spiro atoms. The molecule has 0 unspecified atom stereocenters. The summed E-state index contributed by atoms with van der Waals surface area (Å²) < 4.78 is 0. The molecular weight excluding hydrogens is 196 g/mol.